The average Bonchev–Trinajstić information content (AvgIpc) is 2.31. The molecule has 1 aliphatic carbocycles. The van der Waals surface area contributed by atoms with Crippen molar-refractivity contribution in [2.24, 2.45) is 0 Å². The van der Waals surface area contributed by atoms with Gasteiger partial charge in [0.15, 0.2) is 5.78 Å². The van der Waals surface area contributed by atoms with E-state index in [2.05, 4.69) is 0 Å². The van der Waals surface area contributed by atoms with Crippen molar-refractivity contribution in [3.8, 4) is 0 Å². The normalized spacial score (nSPS) is 16.6. The van der Waals surface area contributed by atoms with Crippen LogP contribution in [0.1, 0.15) is 28.1 Å². The first kappa shape index (κ1) is 7.32. The smallest absolute Gasteiger partial charge is 0.173 e. The number of ketones is 1. The van der Waals surface area contributed by atoms with E-state index in [4.69, 9.17) is 11.6 Å². The van der Waals surface area contributed by atoms with Gasteiger partial charge in [-0.15, -0.1) is 11.3 Å². The molecule has 2 rings (SSSR count). The summed E-state index contributed by atoms with van der Waals surface area (Å²) in [7, 11) is 0. The molecule has 1 aromatic rings. The summed E-state index contributed by atoms with van der Waals surface area (Å²) in [4.78, 5) is 12.1. The van der Waals surface area contributed by atoms with Crippen LogP contribution in [-0.2, 0) is 6.42 Å². The number of Topliss-reactive ketones (excluding diaryl/α,β-unsaturated/α-hetero) is 1. The lowest BCUT2D eigenvalue weighted by atomic mass is 9.99. The van der Waals surface area contributed by atoms with Gasteiger partial charge in [0.1, 0.15) is 0 Å². The lowest BCUT2D eigenvalue weighted by molar-refractivity contribution is 0.0977. The van der Waals surface area contributed by atoms with Gasteiger partial charge < -0.3 is 0 Å². The summed E-state index contributed by atoms with van der Waals surface area (Å²) in [5.41, 5.74) is 1.15. The molecule has 1 nitrogen and oxygen atoms in total. The van der Waals surface area contributed by atoms with Crippen molar-refractivity contribution in [1.82, 2.24) is 0 Å². The maximum absolute atomic E-state index is 11.3. The van der Waals surface area contributed by atoms with Gasteiger partial charge in [-0.3, -0.25) is 4.79 Å². The molecule has 11 heavy (non-hydrogen) atoms. The van der Waals surface area contributed by atoms with E-state index < -0.39 is 0 Å². The second kappa shape index (κ2) is 2.61. The van der Waals surface area contributed by atoms with Crippen LogP contribution in [-0.4, -0.2) is 5.78 Å². The molecule has 0 fully saturated rings. The molecule has 0 N–H and O–H groups in total. The topological polar surface area (TPSA) is 17.1 Å². The van der Waals surface area contributed by atoms with Crippen molar-refractivity contribution in [1.29, 1.82) is 0 Å². The predicted octanol–water partition coefficient (Wildman–Crippen LogP) is 2.92. The Bertz CT molecular complexity index is 303. The van der Waals surface area contributed by atoms with Gasteiger partial charge in [0, 0.05) is 6.42 Å². The Morgan fingerprint density at radius 3 is 3.00 bits per heavy atom. The highest BCUT2D eigenvalue weighted by Gasteiger charge is 2.19. The summed E-state index contributed by atoms with van der Waals surface area (Å²) in [5, 5.41) is 0. The molecular formula is C8H7ClOS. The van der Waals surface area contributed by atoms with Gasteiger partial charge in [0.2, 0.25) is 0 Å². The first-order valence-corrected chi connectivity index (χ1v) is 4.78. The van der Waals surface area contributed by atoms with E-state index in [1.165, 1.54) is 11.3 Å². The molecule has 0 radical (unpaired) electrons. The SMILES string of the molecule is O=C1CCCc2cc(Cl)sc21. The molecule has 0 saturated carbocycles. The first-order valence-electron chi connectivity index (χ1n) is 3.59. The molecule has 0 amide bonds. The number of carbonyl (C=O) groups excluding carboxylic acids is 1. The van der Waals surface area contributed by atoms with E-state index in [1.54, 1.807) is 0 Å². The molecule has 0 spiro atoms. The van der Waals surface area contributed by atoms with Gasteiger partial charge in [-0.1, -0.05) is 11.6 Å². The van der Waals surface area contributed by atoms with Crippen LogP contribution in [0.25, 0.3) is 0 Å². The van der Waals surface area contributed by atoms with Gasteiger partial charge in [-0.2, -0.15) is 0 Å². The van der Waals surface area contributed by atoms with Crippen molar-refractivity contribution in [2.75, 3.05) is 0 Å². The molecule has 3 heteroatoms. The zero-order valence-electron chi connectivity index (χ0n) is 5.89. The maximum Gasteiger partial charge on any atom is 0.173 e. The summed E-state index contributed by atoms with van der Waals surface area (Å²) < 4.78 is 0.741. The molecule has 0 atom stereocenters. The van der Waals surface area contributed by atoms with E-state index >= 15 is 0 Å². The van der Waals surface area contributed by atoms with Crippen LogP contribution in [0.5, 0.6) is 0 Å². The van der Waals surface area contributed by atoms with E-state index in [0.29, 0.717) is 6.42 Å². The first-order chi connectivity index (χ1) is 5.27. The number of fused-ring (bicyclic) bond motifs is 1. The summed E-state index contributed by atoms with van der Waals surface area (Å²) in [6.07, 6.45) is 2.70. The Morgan fingerprint density at radius 2 is 2.27 bits per heavy atom. The largest absolute Gasteiger partial charge is 0.293 e. The monoisotopic (exact) mass is 186 g/mol. The molecule has 1 aliphatic rings. The summed E-state index contributed by atoms with van der Waals surface area (Å²) >= 11 is 7.20. The molecule has 0 saturated heterocycles. The number of aryl methyl sites for hydroxylation is 1. The Labute approximate surface area is 74.0 Å². The van der Waals surface area contributed by atoms with Gasteiger partial charge in [-0.05, 0) is 24.5 Å². The van der Waals surface area contributed by atoms with Crippen LogP contribution in [0.15, 0.2) is 6.07 Å². The van der Waals surface area contributed by atoms with E-state index in [-0.39, 0.29) is 5.78 Å². The fraction of sp³-hybridized carbons (Fsp3) is 0.375. The Morgan fingerprint density at radius 1 is 1.45 bits per heavy atom. The third kappa shape index (κ3) is 1.21. The fourth-order valence-corrected chi connectivity index (χ4v) is 2.64. The molecule has 0 aliphatic heterocycles. The standard InChI is InChI=1S/C8H7ClOS/c9-7-4-5-2-1-3-6(10)8(5)11-7/h4H,1-3H2. The Kier molecular flexibility index (Phi) is 1.74. The number of carbonyl (C=O) groups is 1. The zero-order chi connectivity index (χ0) is 7.84. The van der Waals surface area contributed by atoms with Gasteiger partial charge in [0.25, 0.3) is 0 Å². The number of thiophene rings is 1. The number of hydrogen-bond acceptors (Lipinski definition) is 2. The minimum absolute atomic E-state index is 0.267. The second-order valence-electron chi connectivity index (χ2n) is 2.68. The molecule has 0 aromatic carbocycles. The van der Waals surface area contributed by atoms with Crippen molar-refractivity contribution in [3.05, 3.63) is 20.8 Å². The number of hydrogen-bond donors (Lipinski definition) is 0. The molecule has 1 aromatic heterocycles. The van der Waals surface area contributed by atoms with Gasteiger partial charge >= 0.3 is 0 Å². The Balaban J connectivity index is 2.52. The minimum atomic E-state index is 0.267. The van der Waals surface area contributed by atoms with Crippen LogP contribution < -0.4 is 0 Å². The number of rotatable bonds is 0. The summed E-state index contributed by atoms with van der Waals surface area (Å²) in [6, 6.07) is 1.92. The van der Waals surface area contributed by atoms with Crippen LogP contribution in [0.2, 0.25) is 4.34 Å². The third-order valence-electron chi connectivity index (χ3n) is 1.88. The molecule has 0 bridgehead atoms. The van der Waals surface area contributed by atoms with E-state index in [0.717, 1.165) is 27.6 Å². The highest BCUT2D eigenvalue weighted by atomic mass is 35.5. The summed E-state index contributed by atoms with van der Waals surface area (Å²) in [5.74, 6) is 0.267. The van der Waals surface area contributed by atoms with E-state index in [9.17, 15) is 4.79 Å². The molecule has 1 heterocycles. The van der Waals surface area contributed by atoms with Crippen LogP contribution in [0.3, 0.4) is 0 Å². The quantitative estimate of drug-likeness (QED) is 0.609. The fourth-order valence-electron chi connectivity index (χ4n) is 1.37. The van der Waals surface area contributed by atoms with Gasteiger partial charge in [0.05, 0.1) is 9.21 Å². The third-order valence-corrected chi connectivity index (χ3v) is 3.23. The van der Waals surface area contributed by atoms with Crippen LogP contribution >= 0.6 is 22.9 Å². The van der Waals surface area contributed by atoms with Crippen molar-refractivity contribution < 1.29 is 4.79 Å². The van der Waals surface area contributed by atoms with Crippen LogP contribution in [0.4, 0.5) is 0 Å². The molecule has 58 valence electrons. The van der Waals surface area contributed by atoms with Crippen molar-refractivity contribution in [2.45, 2.75) is 19.3 Å². The minimum Gasteiger partial charge on any atom is -0.293 e. The molecule has 0 unspecified atom stereocenters. The predicted molar refractivity (Wildman–Crippen MR) is 46.6 cm³/mol. The molecular weight excluding hydrogens is 180 g/mol. The highest BCUT2D eigenvalue weighted by molar-refractivity contribution is 7.18. The average molecular weight is 187 g/mol. The van der Waals surface area contributed by atoms with E-state index in [1.807, 2.05) is 6.07 Å². The lowest BCUT2D eigenvalue weighted by Crippen LogP contribution is -2.06. The van der Waals surface area contributed by atoms with Crippen LogP contribution in [0, 0.1) is 0 Å². The maximum atomic E-state index is 11.3. The second-order valence-corrected chi connectivity index (χ2v) is 4.37. The summed E-state index contributed by atoms with van der Waals surface area (Å²) in [6.45, 7) is 0. The lowest BCUT2D eigenvalue weighted by Gasteiger charge is -2.07. The Hall–Kier alpha value is -0.340. The number of halogens is 1. The highest BCUT2D eigenvalue weighted by Crippen LogP contribution is 2.32. The van der Waals surface area contributed by atoms with Crippen molar-refractivity contribution in [3.63, 3.8) is 0 Å². The van der Waals surface area contributed by atoms with Crippen molar-refractivity contribution >= 4 is 28.7 Å². The zero-order valence-corrected chi connectivity index (χ0v) is 7.47. The van der Waals surface area contributed by atoms with Gasteiger partial charge in [-0.25, -0.2) is 0 Å².